The normalized spacial score (nSPS) is 37.9. The molecule has 0 aromatic carbocycles. The smallest absolute Gasteiger partial charge is 0.311 e. The Balaban J connectivity index is 1.80. The minimum Gasteiger partial charge on any atom is -0.481 e. The fourth-order valence-electron chi connectivity index (χ4n) is 3.58. The molecule has 3 fully saturated rings. The van der Waals surface area contributed by atoms with Crippen molar-refractivity contribution in [2.45, 2.75) is 39.0 Å². The van der Waals surface area contributed by atoms with Crippen LogP contribution in [0, 0.1) is 16.7 Å². The number of carbonyl (C=O) groups is 2. The van der Waals surface area contributed by atoms with Crippen LogP contribution in [0.4, 0.5) is 0 Å². The summed E-state index contributed by atoms with van der Waals surface area (Å²) in [6, 6.07) is 0. The summed E-state index contributed by atoms with van der Waals surface area (Å²) < 4.78 is 0. The van der Waals surface area contributed by atoms with E-state index in [-0.39, 0.29) is 17.2 Å². The zero-order valence-electron chi connectivity index (χ0n) is 10.2. The molecule has 1 heterocycles. The van der Waals surface area contributed by atoms with E-state index >= 15 is 0 Å². The molecular formula is C13H19NO3. The molecule has 1 aliphatic heterocycles. The van der Waals surface area contributed by atoms with Crippen molar-refractivity contribution in [1.82, 2.24) is 4.90 Å². The fourth-order valence-corrected chi connectivity index (χ4v) is 3.58. The third-order valence-corrected chi connectivity index (χ3v) is 5.10. The van der Waals surface area contributed by atoms with Gasteiger partial charge in [-0.1, -0.05) is 13.3 Å². The van der Waals surface area contributed by atoms with Crippen LogP contribution in [0.1, 0.15) is 39.0 Å². The Morgan fingerprint density at radius 3 is 2.53 bits per heavy atom. The van der Waals surface area contributed by atoms with Crippen molar-refractivity contribution in [3.63, 3.8) is 0 Å². The summed E-state index contributed by atoms with van der Waals surface area (Å²) in [4.78, 5) is 25.6. The molecule has 3 rings (SSSR count). The molecular weight excluding hydrogens is 218 g/mol. The lowest BCUT2D eigenvalue weighted by Gasteiger charge is -2.24. The van der Waals surface area contributed by atoms with E-state index in [0.717, 1.165) is 32.1 Å². The molecule has 2 saturated carbocycles. The number of carboxylic acids is 1. The highest BCUT2D eigenvalue weighted by molar-refractivity contribution is 5.87. The number of carbonyl (C=O) groups excluding carboxylic acids is 1. The second kappa shape index (κ2) is 3.24. The molecule has 1 saturated heterocycles. The minimum atomic E-state index is -0.698. The highest BCUT2D eigenvalue weighted by Crippen LogP contribution is 2.52. The highest BCUT2D eigenvalue weighted by atomic mass is 16.4. The van der Waals surface area contributed by atoms with Gasteiger partial charge in [-0.05, 0) is 31.6 Å². The molecule has 0 spiro atoms. The number of carboxylic acid groups (broad SMARTS) is 1. The van der Waals surface area contributed by atoms with E-state index in [4.69, 9.17) is 0 Å². The van der Waals surface area contributed by atoms with Gasteiger partial charge in [-0.25, -0.2) is 0 Å². The molecule has 2 aliphatic carbocycles. The van der Waals surface area contributed by atoms with Gasteiger partial charge < -0.3 is 10.0 Å². The van der Waals surface area contributed by atoms with E-state index in [1.54, 1.807) is 0 Å². The molecule has 0 unspecified atom stereocenters. The molecule has 4 heteroatoms. The maximum Gasteiger partial charge on any atom is 0.311 e. The Morgan fingerprint density at radius 1 is 1.29 bits per heavy atom. The molecule has 3 aliphatic rings. The largest absolute Gasteiger partial charge is 0.481 e. The first kappa shape index (κ1) is 11.1. The average molecular weight is 237 g/mol. The van der Waals surface area contributed by atoms with E-state index in [9.17, 15) is 14.7 Å². The number of likely N-dealkylation sites (tertiary alicyclic amines) is 1. The number of hydrogen-bond donors (Lipinski definition) is 1. The van der Waals surface area contributed by atoms with Crippen LogP contribution >= 0.6 is 0 Å². The first-order valence-corrected chi connectivity index (χ1v) is 6.51. The molecule has 17 heavy (non-hydrogen) atoms. The third kappa shape index (κ3) is 1.42. The predicted octanol–water partition coefficient (Wildman–Crippen LogP) is 1.50. The quantitative estimate of drug-likeness (QED) is 0.791. The molecule has 0 aromatic heterocycles. The predicted molar refractivity (Wildman–Crippen MR) is 61.3 cm³/mol. The number of hydrogen-bond acceptors (Lipinski definition) is 2. The van der Waals surface area contributed by atoms with Crippen molar-refractivity contribution in [2.75, 3.05) is 13.1 Å². The van der Waals surface area contributed by atoms with Crippen LogP contribution < -0.4 is 0 Å². The van der Waals surface area contributed by atoms with Gasteiger partial charge in [-0.2, -0.15) is 0 Å². The molecule has 0 bridgehead atoms. The first-order chi connectivity index (χ1) is 7.98. The Kier molecular flexibility index (Phi) is 2.11. The van der Waals surface area contributed by atoms with Crippen LogP contribution in [-0.4, -0.2) is 35.0 Å². The Morgan fingerprint density at radius 2 is 2.00 bits per heavy atom. The second-order valence-corrected chi connectivity index (χ2v) is 6.30. The van der Waals surface area contributed by atoms with E-state index in [2.05, 4.69) is 0 Å². The van der Waals surface area contributed by atoms with Gasteiger partial charge >= 0.3 is 5.97 Å². The van der Waals surface area contributed by atoms with Gasteiger partial charge in [-0.3, -0.25) is 9.59 Å². The lowest BCUT2D eigenvalue weighted by molar-refractivity contribution is -0.149. The van der Waals surface area contributed by atoms with Crippen LogP contribution in [0.15, 0.2) is 0 Å². The number of fused-ring (bicyclic) bond motifs is 1. The second-order valence-electron chi connectivity index (χ2n) is 6.30. The first-order valence-electron chi connectivity index (χ1n) is 6.51. The summed E-state index contributed by atoms with van der Waals surface area (Å²) in [6.45, 7) is 3.11. The topological polar surface area (TPSA) is 57.6 Å². The zero-order valence-corrected chi connectivity index (χ0v) is 10.2. The lowest BCUT2D eigenvalue weighted by Crippen LogP contribution is -2.39. The molecule has 0 radical (unpaired) electrons. The summed E-state index contributed by atoms with van der Waals surface area (Å²) in [6.07, 6.45) is 4.64. The van der Waals surface area contributed by atoms with Crippen molar-refractivity contribution in [3.05, 3.63) is 0 Å². The Hall–Kier alpha value is -1.06. The summed E-state index contributed by atoms with van der Waals surface area (Å²) in [5.74, 6) is -0.324. The number of nitrogens with zero attached hydrogens (tertiary/aromatic N) is 1. The van der Waals surface area contributed by atoms with E-state index in [1.807, 2.05) is 11.8 Å². The van der Waals surface area contributed by atoms with Gasteiger partial charge in [0.25, 0.3) is 0 Å². The summed E-state index contributed by atoms with van der Waals surface area (Å²) >= 11 is 0. The molecule has 2 atom stereocenters. The van der Waals surface area contributed by atoms with Gasteiger partial charge in [0, 0.05) is 18.5 Å². The van der Waals surface area contributed by atoms with Crippen molar-refractivity contribution >= 4 is 11.9 Å². The lowest BCUT2D eigenvalue weighted by atomic mass is 9.81. The summed E-state index contributed by atoms with van der Waals surface area (Å²) in [5, 5.41) is 9.45. The van der Waals surface area contributed by atoms with E-state index in [0.29, 0.717) is 13.1 Å². The maximum atomic E-state index is 12.3. The maximum absolute atomic E-state index is 12.3. The van der Waals surface area contributed by atoms with E-state index in [1.165, 1.54) is 0 Å². The molecule has 0 aromatic rings. The zero-order chi connectivity index (χ0) is 12.3. The molecule has 4 nitrogen and oxygen atoms in total. The van der Waals surface area contributed by atoms with Crippen LogP contribution in [0.5, 0.6) is 0 Å². The molecule has 94 valence electrons. The Labute approximate surface area is 101 Å². The van der Waals surface area contributed by atoms with Crippen molar-refractivity contribution in [1.29, 1.82) is 0 Å². The highest BCUT2D eigenvalue weighted by Gasteiger charge is 2.58. The molecule has 1 N–H and O–H groups in total. The number of rotatable bonds is 2. The van der Waals surface area contributed by atoms with Crippen LogP contribution in [0.2, 0.25) is 0 Å². The number of amides is 1. The van der Waals surface area contributed by atoms with Crippen molar-refractivity contribution in [3.8, 4) is 0 Å². The van der Waals surface area contributed by atoms with Crippen LogP contribution in [0.3, 0.4) is 0 Å². The SMILES string of the molecule is CC1(C(=O)N2C[C@@H]3CCC[C@@]3(C(=O)O)C2)CC1. The van der Waals surface area contributed by atoms with Gasteiger partial charge in [0.15, 0.2) is 0 Å². The molecule has 1 amide bonds. The van der Waals surface area contributed by atoms with Gasteiger partial charge in [0.2, 0.25) is 5.91 Å². The van der Waals surface area contributed by atoms with Gasteiger partial charge in [0.05, 0.1) is 5.41 Å². The average Bonchev–Trinajstić information content (AvgIpc) is 2.75. The van der Waals surface area contributed by atoms with Crippen LogP contribution in [-0.2, 0) is 9.59 Å². The summed E-state index contributed by atoms with van der Waals surface area (Å²) in [7, 11) is 0. The summed E-state index contributed by atoms with van der Waals surface area (Å²) in [5.41, 5.74) is -0.792. The Bertz CT molecular complexity index is 388. The minimum absolute atomic E-state index is 0.168. The fraction of sp³-hybridized carbons (Fsp3) is 0.846. The monoisotopic (exact) mass is 237 g/mol. The van der Waals surface area contributed by atoms with Crippen molar-refractivity contribution in [2.24, 2.45) is 16.7 Å². The number of aliphatic carboxylic acids is 1. The van der Waals surface area contributed by atoms with Gasteiger partial charge in [0.1, 0.15) is 0 Å². The van der Waals surface area contributed by atoms with Crippen LogP contribution in [0.25, 0.3) is 0 Å². The van der Waals surface area contributed by atoms with E-state index < -0.39 is 11.4 Å². The van der Waals surface area contributed by atoms with Crippen molar-refractivity contribution < 1.29 is 14.7 Å². The standard InChI is InChI=1S/C13H19NO3/c1-12(5-6-12)10(15)14-7-9-3-2-4-13(9,8-14)11(16)17/h9H,2-8H2,1H3,(H,16,17)/t9-,13+/m0/s1. The third-order valence-electron chi connectivity index (χ3n) is 5.10. The van der Waals surface area contributed by atoms with Gasteiger partial charge in [-0.15, -0.1) is 0 Å².